The maximum Gasteiger partial charge on any atom is 0.0992 e. The van der Waals surface area contributed by atoms with Crippen LogP contribution in [0.5, 0.6) is 0 Å². The average Bonchev–Trinajstić information content (AvgIpc) is 2.30. The fraction of sp³-hybridized carbons (Fsp3) is 0.417. The van der Waals surface area contributed by atoms with Gasteiger partial charge in [-0.3, -0.25) is 0 Å². The summed E-state index contributed by atoms with van der Waals surface area (Å²) in [6.45, 7) is 2.09. The number of rotatable bonds is 1. The molecular weight excluding hydrogens is 208 g/mol. The van der Waals surface area contributed by atoms with Gasteiger partial charge in [-0.2, -0.15) is 5.26 Å². The smallest absolute Gasteiger partial charge is 0.0992 e. The maximum atomic E-state index is 8.74. The first kappa shape index (κ1) is 10.5. The molecule has 15 heavy (non-hydrogen) atoms. The number of piperidine rings is 1. The third-order valence-corrected chi connectivity index (χ3v) is 3.19. The van der Waals surface area contributed by atoms with Crippen LogP contribution in [-0.2, 0) is 0 Å². The lowest BCUT2D eigenvalue weighted by molar-refractivity contribution is 0.462. The number of hydrogen-bond acceptors (Lipinski definition) is 2. The van der Waals surface area contributed by atoms with Crippen LogP contribution in [0.25, 0.3) is 0 Å². The highest BCUT2D eigenvalue weighted by Gasteiger charge is 2.17. The van der Waals surface area contributed by atoms with Crippen molar-refractivity contribution < 1.29 is 0 Å². The highest BCUT2D eigenvalue weighted by Crippen LogP contribution is 2.29. The first-order chi connectivity index (χ1) is 7.31. The summed E-state index contributed by atoms with van der Waals surface area (Å²) in [6, 6.07) is 7.68. The Labute approximate surface area is 94.9 Å². The van der Waals surface area contributed by atoms with Gasteiger partial charge in [-0.05, 0) is 43.0 Å². The van der Waals surface area contributed by atoms with Gasteiger partial charge in [0.25, 0.3) is 0 Å². The molecule has 2 rings (SSSR count). The molecule has 1 atom stereocenters. The average molecular weight is 221 g/mol. The molecule has 1 N–H and O–H groups in total. The van der Waals surface area contributed by atoms with E-state index in [0.29, 0.717) is 11.5 Å². The van der Waals surface area contributed by atoms with Crippen molar-refractivity contribution in [3.05, 3.63) is 34.3 Å². The van der Waals surface area contributed by atoms with E-state index in [0.717, 1.165) is 18.1 Å². The van der Waals surface area contributed by atoms with Crippen molar-refractivity contribution in [1.82, 2.24) is 5.32 Å². The molecule has 0 aromatic heterocycles. The van der Waals surface area contributed by atoms with Gasteiger partial charge in [-0.15, -0.1) is 0 Å². The van der Waals surface area contributed by atoms with Gasteiger partial charge in [0.1, 0.15) is 0 Å². The lowest BCUT2D eigenvalue weighted by atomic mass is 9.91. The molecule has 1 saturated heterocycles. The van der Waals surface area contributed by atoms with Crippen LogP contribution in [0, 0.1) is 11.3 Å². The van der Waals surface area contributed by atoms with E-state index in [-0.39, 0.29) is 0 Å². The zero-order chi connectivity index (χ0) is 10.7. The highest BCUT2D eigenvalue weighted by atomic mass is 35.5. The monoisotopic (exact) mass is 220 g/mol. The predicted octanol–water partition coefficient (Wildman–Crippen LogP) is 2.68. The van der Waals surface area contributed by atoms with Crippen molar-refractivity contribution in [2.45, 2.75) is 18.8 Å². The number of halogens is 1. The third kappa shape index (κ3) is 2.31. The van der Waals surface area contributed by atoms with Gasteiger partial charge < -0.3 is 5.32 Å². The summed E-state index contributed by atoms with van der Waals surface area (Å²) >= 11 is 6.16. The molecule has 1 heterocycles. The predicted molar refractivity (Wildman–Crippen MR) is 61.0 cm³/mol. The van der Waals surface area contributed by atoms with Gasteiger partial charge in [-0.1, -0.05) is 17.7 Å². The Morgan fingerprint density at radius 2 is 2.33 bits per heavy atom. The van der Waals surface area contributed by atoms with E-state index in [9.17, 15) is 0 Å². The molecule has 0 spiro atoms. The van der Waals surface area contributed by atoms with Crippen molar-refractivity contribution in [3.8, 4) is 6.07 Å². The first-order valence-electron chi connectivity index (χ1n) is 5.21. The number of hydrogen-bond donors (Lipinski definition) is 1. The highest BCUT2D eigenvalue weighted by molar-refractivity contribution is 6.31. The fourth-order valence-electron chi connectivity index (χ4n) is 2.05. The van der Waals surface area contributed by atoms with Crippen molar-refractivity contribution in [3.63, 3.8) is 0 Å². The number of nitriles is 1. The normalized spacial score (nSPS) is 20.9. The lowest BCUT2D eigenvalue weighted by Crippen LogP contribution is -2.28. The molecule has 1 aliphatic heterocycles. The van der Waals surface area contributed by atoms with Crippen LogP contribution in [-0.4, -0.2) is 13.1 Å². The van der Waals surface area contributed by atoms with E-state index in [2.05, 4.69) is 11.4 Å². The second-order valence-corrected chi connectivity index (χ2v) is 4.30. The molecule has 1 aromatic rings. The summed E-state index contributed by atoms with van der Waals surface area (Å²) in [5, 5.41) is 12.8. The molecule has 1 aromatic carbocycles. The minimum atomic E-state index is 0.499. The van der Waals surface area contributed by atoms with Crippen molar-refractivity contribution in [2.75, 3.05) is 13.1 Å². The minimum absolute atomic E-state index is 0.499. The van der Waals surface area contributed by atoms with Crippen LogP contribution in [0.1, 0.15) is 29.9 Å². The molecule has 3 heteroatoms. The summed E-state index contributed by atoms with van der Waals surface area (Å²) < 4.78 is 0. The van der Waals surface area contributed by atoms with Crippen LogP contribution in [0.15, 0.2) is 18.2 Å². The van der Waals surface area contributed by atoms with Crippen LogP contribution >= 0.6 is 11.6 Å². The largest absolute Gasteiger partial charge is 0.316 e. The molecule has 1 aliphatic rings. The standard InChI is InChI=1S/C12H13ClN2/c13-12-6-9(7-14)3-4-11(12)10-2-1-5-15-8-10/h3-4,6,10,15H,1-2,5,8H2. The van der Waals surface area contributed by atoms with E-state index in [1.54, 1.807) is 6.07 Å². The summed E-state index contributed by atoms with van der Waals surface area (Å²) in [5.74, 6) is 0.499. The lowest BCUT2D eigenvalue weighted by Gasteiger charge is -2.23. The fourth-order valence-corrected chi connectivity index (χ4v) is 2.38. The van der Waals surface area contributed by atoms with Crippen LogP contribution in [0.4, 0.5) is 0 Å². The van der Waals surface area contributed by atoms with E-state index < -0.39 is 0 Å². The van der Waals surface area contributed by atoms with Gasteiger partial charge in [0.2, 0.25) is 0 Å². The minimum Gasteiger partial charge on any atom is -0.316 e. The third-order valence-electron chi connectivity index (χ3n) is 2.87. The van der Waals surface area contributed by atoms with E-state index in [1.165, 1.54) is 18.4 Å². The van der Waals surface area contributed by atoms with Crippen LogP contribution < -0.4 is 5.32 Å². The number of nitrogens with zero attached hydrogens (tertiary/aromatic N) is 1. The molecule has 78 valence electrons. The summed E-state index contributed by atoms with van der Waals surface area (Å²) in [7, 11) is 0. The van der Waals surface area contributed by atoms with Gasteiger partial charge in [-0.25, -0.2) is 0 Å². The molecule has 0 radical (unpaired) electrons. The Hall–Kier alpha value is -1.04. The maximum absolute atomic E-state index is 8.74. The van der Waals surface area contributed by atoms with Crippen molar-refractivity contribution in [2.24, 2.45) is 0 Å². The number of benzene rings is 1. The van der Waals surface area contributed by atoms with E-state index in [1.807, 2.05) is 12.1 Å². The Morgan fingerprint density at radius 1 is 1.47 bits per heavy atom. The van der Waals surface area contributed by atoms with Gasteiger partial charge in [0.15, 0.2) is 0 Å². The molecule has 1 fully saturated rings. The first-order valence-corrected chi connectivity index (χ1v) is 5.59. The second-order valence-electron chi connectivity index (χ2n) is 3.89. The molecule has 0 amide bonds. The molecule has 0 aliphatic carbocycles. The Bertz CT molecular complexity index is 389. The second kappa shape index (κ2) is 4.65. The van der Waals surface area contributed by atoms with Gasteiger partial charge in [0, 0.05) is 11.6 Å². The van der Waals surface area contributed by atoms with Crippen LogP contribution in [0.2, 0.25) is 5.02 Å². The van der Waals surface area contributed by atoms with E-state index in [4.69, 9.17) is 16.9 Å². The van der Waals surface area contributed by atoms with Crippen molar-refractivity contribution >= 4 is 11.6 Å². The topological polar surface area (TPSA) is 35.8 Å². The molecular formula is C12H13ClN2. The Morgan fingerprint density at radius 3 is 2.93 bits per heavy atom. The molecule has 0 bridgehead atoms. The molecule has 2 nitrogen and oxygen atoms in total. The van der Waals surface area contributed by atoms with E-state index >= 15 is 0 Å². The van der Waals surface area contributed by atoms with Gasteiger partial charge >= 0.3 is 0 Å². The quantitative estimate of drug-likeness (QED) is 0.790. The van der Waals surface area contributed by atoms with Gasteiger partial charge in [0.05, 0.1) is 11.6 Å². The zero-order valence-corrected chi connectivity index (χ0v) is 9.22. The van der Waals surface area contributed by atoms with Crippen LogP contribution in [0.3, 0.4) is 0 Å². The Balaban J connectivity index is 2.24. The summed E-state index contributed by atoms with van der Waals surface area (Å²) in [6.07, 6.45) is 2.37. The molecule has 0 saturated carbocycles. The SMILES string of the molecule is N#Cc1ccc(C2CCCNC2)c(Cl)c1. The zero-order valence-electron chi connectivity index (χ0n) is 8.46. The number of nitrogens with one attached hydrogen (secondary N) is 1. The summed E-state index contributed by atoms with van der Waals surface area (Å²) in [4.78, 5) is 0. The Kier molecular flexibility index (Phi) is 3.25. The summed E-state index contributed by atoms with van der Waals surface area (Å²) in [5.41, 5.74) is 1.80. The molecule has 1 unspecified atom stereocenters. The van der Waals surface area contributed by atoms with Crippen molar-refractivity contribution in [1.29, 1.82) is 5.26 Å².